The highest BCUT2D eigenvalue weighted by Gasteiger charge is 2.36. The van der Waals surface area contributed by atoms with Gasteiger partial charge < -0.3 is 13.9 Å². The molecule has 1 aliphatic heterocycles. The Labute approximate surface area is 223 Å². The Morgan fingerprint density at radius 1 is 1.14 bits per heavy atom. The van der Waals surface area contributed by atoms with Crippen LogP contribution in [0.3, 0.4) is 0 Å². The summed E-state index contributed by atoms with van der Waals surface area (Å²) in [6, 6.07) is 13.4. The minimum absolute atomic E-state index is 0.0123. The number of hydrogen-bond acceptors (Lipinski definition) is 7. The Bertz CT molecular complexity index is 1360. The second-order valence-corrected chi connectivity index (χ2v) is 9.98. The number of carbonyl (C=O) groups excluding carboxylic acids is 3. The second-order valence-electron chi connectivity index (χ2n) is 7.23. The molecule has 0 aliphatic carbocycles. The topological polar surface area (TPSA) is 86.0 Å². The fourth-order valence-electron chi connectivity index (χ4n) is 3.16. The second kappa shape index (κ2) is 10.9. The van der Waals surface area contributed by atoms with Crippen LogP contribution in [0, 0.1) is 0 Å². The molecule has 1 fully saturated rings. The highest BCUT2D eigenvalue weighted by atomic mass is 79.9. The fraction of sp³-hybridized carbons (Fsp3) is 0.125. The molecule has 0 unspecified atom stereocenters. The van der Waals surface area contributed by atoms with Crippen molar-refractivity contribution in [1.82, 2.24) is 4.90 Å². The quantitative estimate of drug-likeness (QED) is 0.215. The van der Waals surface area contributed by atoms with E-state index in [1.165, 1.54) is 19.2 Å². The summed E-state index contributed by atoms with van der Waals surface area (Å²) in [5.41, 5.74) is 1.34. The van der Waals surface area contributed by atoms with Crippen molar-refractivity contribution in [2.45, 2.75) is 13.2 Å². The number of halogens is 3. The van der Waals surface area contributed by atoms with Crippen LogP contribution in [0.15, 0.2) is 62.3 Å². The predicted octanol–water partition coefficient (Wildman–Crippen LogP) is 6.95. The van der Waals surface area contributed by atoms with E-state index in [2.05, 4.69) is 20.7 Å². The summed E-state index contributed by atoms with van der Waals surface area (Å²) in [5, 5.41) is 0.545. The van der Waals surface area contributed by atoms with Gasteiger partial charge in [0, 0.05) is 25.6 Å². The Hall–Kier alpha value is -2.72. The molecule has 35 heavy (non-hydrogen) atoms. The van der Waals surface area contributed by atoms with E-state index in [1.54, 1.807) is 42.5 Å². The van der Waals surface area contributed by atoms with Gasteiger partial charge in [-0.15, -0.1) is 0 Å². The average molecular weight is 597 g/mol. The first-order valence-corrected chi connectivity index (χ1v) is 12.4. The summed E-state index contributed by atoms with van der Waals surface area (Å²) < 4.78 is 16.7. The largest absolute Gasteiger partial charge is 0.488 e. The van der Waals surface area contributed by atoms with Gasteiger partial charge in [0.25, 0.3) is 11.1 Å². The van der Waals surface area contributed by atoms with Crippen LogP contribution in [-0.4, -0.2) is 29.1 Å². The first-order chi connectivity index (χ1) is 16.7. The molecule has 0 spiro atoms. The minimum atomic E-state index is -0.646. The summed E-state index contributed by atoms with van der Waals surface area (Å²) >= 11 is 16.4. The standard InChI is InChI=1S/C24H16BrCl2NO6S/c1-32-23(30)20-7-5-17(34-20)11-28-22(29)21(35-24(28)31)9-14-8-15(25)3-6-19(14)33-12-13-2-4-16(26)10-18(13)27/h2-10H,11-12H2,1H3/b21-9+. The van der Waals surface area contributed by atoms with Crippen molar-refractivity contribution in [3.05, 3.63) is 90.6 Å². The number of hydrogen-bond donors (Lipinski definition) is 0. The molecule has 3 aromatic rings. The van der Waals surface area contributed by atoms with Crippen molar-refractivity contribution in [3.8, 4) is 5.75 Å². The maximum atomic E-state index is 13.0. The molecule has 7 nitrogen and oxygen atoms in total. The number of rotatable bonds is 7. The molecule has 2 amide bonds. The number of imide groups is 1. The Balaban J connectivity index is 1.53. The van der Waals surface area contributed by atoms with Crippen LogP contribution < -0.4 is 4.74 Å². The van der Waals surface area contributed by atoms with E-state index in [1.807, 2.05) is 0 Å². The summed E-state index contributed by atoms with van der Waals surface area (Å²) in [5.74, 6) is -0.364. The molecular weight excluding hydrogens is 581 g/mol. The first kappa shape index (κ1) is 25.4. The van der Waals surface area contributed by atoms with E-state index < -0.39 is 17.1 Å². The third-order valence-corrected chi connectivity index (χ3v) is 6.88. The van der Waals surface area contributed by atoms with Crippen molar-refractivity contribution in [2.75, 3.05) is 7.11 Å². The third kappa shape index (κ3) is 5.92. The van der Waals surface area contributed by atoms with Crippen molar-refractivity contribution < 1.29 is 28.3 Å². The van der Waals surface area contributed by atoms with Crippen molar-refractivity contribution in [3.63, 3.8) is 0 Å². The van der Waals surface area contributed by atoms with Gasteiger partial charge in [0.05, 0.1) is 18.6 Å². The van der Waals surface area contributed by atoms with Gasteiger partial charge in [-0.25, -0.2) is 4.79 Å². The number of methoxy groups -OCH3 is 1. The van der Waals surface area contributed by atoms with Gasteiger partial charge in [-0.05, 0) is 60.3 Å². The molecule has 1 aromatic heterocycles. The zero-order chi connectivity index (χ0) is 25.1. The SMILES string of the molecule is COC(=O)c1ccc(CN2C(=O)S/C(=C/c3cc(Br)ccc3OCc3ccc(Cl)cc3Cl)C2=O)o1. The van der Waals surface area contributed by atoms with Crippen LogP contribution in [0.2, 0.25) is 10.0 Å². The molecular formula is C24H16BrCl2NO6S. The Morgan fingerprint density at radius 2 is 1.94 bits per heavy atom. The lowest BCUT2D eigenvalue weighted by atomic mass is 10.1. The third-order valence-electron chi connectivity index (χ3n) is 4.89. The normalized spacial score (nSPS) is 14.6. The van der Waals surface area contributed by atoms with Gasteiger partial charge in [-0.2, -0.15) is 0 Å². The van der Waals surface area contributed by atoms with E-state index in [0.717, 1.165) is 26.7 Å². The van der Waals surface area contributed by atoms with Crippen LogP contribution in [0.5, 0.6) is 5.75 Å². The number of nitrogens with zero attached hydrogens (tertiary/aromatic N) is 1. The maximum Gasteiger partial charge on any atom is 0.373 e. The zero-order valence-corrected chi connectivity index (χ0v) is 22.0. The number of thioether (sulfide) groups is 1. The average Bonchev–Trinajstić information content (AvgIpc) is 3.39. The zero-order valence-electron chi connectivity index (χ0n) is 18.0. The van der Waals surface area contributed by atoms with Gasteiger partial charge in [0.1, 0.15) is 18.1 Å². The summed E-state index contributed by atoms with van der Waals surface area (Å²) in [7, 11) is 1.23. The molecule has 0 atom stereocenters. The van der Waals surface area contributed by atoms with Gasteiger partial charge in [-0.1, -0.05) is 45.2 Å². The van der Waals surface area contributed by atoms with E-state index in [4.69, 9.17) is 32.4 Å². The molecule has 180 valence electrons. The highest BCUT2D eigenvalue weighted by molar-refractivity contribution is 9.10. The van der Waals surface area contributed by atoms with Crippen LogP contribution in [0.4, 0.5) is 4.79 Å². The lowest BCUT2D eigenvalue weighted by Crippen LogP contribution is -2.27. The molecule has 0 saturated carbocycles. The van der Waals surface area contributed by atoms with Gasteiger partial charge >= 0.3 is 5.97 Å². The van der Waals surface area contributed by atoms with E-state index >= 15 is 0 Å². The minimum Gasteiger partial charge on any atom is -0.488 e. The smallest absolute Gasteiger partial charge is 0.373 e. The number of carbonyl (C=O) groups is 3. The molecule has 11 heteroatoms. The Kier molecular flexibility index (Phi) is 7.91. The van der Waals surface area contributed by atoms with Gasteiger partial charge in [0.15, 0.2) is 0 Å². The maximum absolute atomic E-state index is 13.0. The monoisotopic (exact) mass is 595 g/mol. The molecule has 2 heterocycles. The summed E-state index contributed by atoms with van der Waals surface area (Å²) in [6.07, 6.45) is 1.59. The molecule has 1 saturated heterocycles. The summed E-state index contributed by atoms with van der Waals surface area (Å²) in [6.45, 7) is 0.0664. The number of amides is 2. The first-order valence-electron chi connectivity index (χ1n) is 10.0. The van der Waals surface area contributed by atoms with E-state index in [0.29, 0.717) is 21.4 Å². The fourth-order valence-corrected chi connectivity index (χ4v) is 4.84. The lowest BCUT2D eigenvalue weighted by molar-refractivity contribution is -0.123. The molecule has 0 bridgehead atoms. The van der Waals surface area contributed by atoms with Crippen molar-refractivity contribution >= 4 is 74.1 Å². The van der Waals surface area contributed by atoms with Crippen LogP contribution in [0.25, 0.3) is 6.08 Å². The highest BCUT2D eigenvalue weighted by Crippen LogP contribution is 2.36. The lowest BCUT2D eigenvalue weighted by Gasteiger charge is -2.12. The van der Waals surface area contributed by atoms with E-state index in [9.17, 15) is 14.4 Å². The van der Waals surface area contributed by atoms with Crippen molar-refractivity contribution in [1.29, 1.82) is 0 Å². The van der Waals surface area contributed by atoms with Gasteiger partial charge in [-0.3, -0.25) is 14.5 Å². The van der Waals surface area contributed by atoms with Crippen LogP contribution in [0.1, 0.15) is 27.4 Å². The number of furan rings is 1. The number of benzene rings is 2. The predicted molar refractivity (Wildman–Crippen MR) is 136 cm³/mol. The number of ether oxygens (including phenoxy) is 2. The molecule has 0 N–H and O–H groups in total. The van der Waals surface area contributed by atoms with Crippen LogP contribution in [-0.2, 0) is 22.7 Å². The molecule has 0 radical (unpaired) electrons. The van der Waals surface area contributed by atoms with Crippen LogP contribution >= 0.6 is 50.9 Å². The summed E-state index contributed by atoms with van der Waals surface area (Å²) in [4.78, 5) is 38.4. The number of esters is 1. The van der Waals surface area contributed by atoms with Crippen molar-refractivity contribution in [2.24, 2.45) is 0 Å². The molecule has 2 aromatic carbocycles. The van der Waals surface area contributed by atoms with Gasteiger partial charge in [0.2, 0.25) is 5.76 Å². The molecule has 4 rings (SSSR count). The van der Waals surface area contributed by atoms with E-state index in [-0.39, 0.29) is 29.6 Å². The molecule has 1 aliphatic rings. The Morgan fingerprint density at radius 3 is 2.69 bits per heavy atom.